The molecule has 0 aromatic heterocycles. The fourth-order valence-corrected chi connectivity index (χ4v) is 3.99. The number of benzene rings is 1. The molecule has 3 atom stereocenters. The minimum Gasteiger partial charge on any atom is -0.508 e. The molecule has 0 bridgehead atoms. The van der Waals surface area contributed by atoms with Gasteiger partial charge in [0.1, 0.15) is 5.75 Å². The number of nitrogens with one attached hydrogen (secondary N) is 1. The van der Waals surface area contributed by atoms with Gasteiger partial charge in [0.15, 0.2) is 0 Å². The Kier molecular flexibility index (Phi) is 4.30. The first-order valence-corrected chi connectivity index (χ1v) is 8.29. The van der Waals surface area contributed by atoms with Crippen LogP contribution >= 0.6 is 0 Å². The summed E-state index contributed by atoms with van der Waals surface area (Å²) in [4.78, 5) is 0. The van der Waals surface area contributed by atoms with Crippen LogP contribution in [0.5, 0.6) is 5.75 Å². The topological polar surface area (TPSA) is 32.3 Å². The number of hydrogen-bond donors (Lipinski definition) is 2. The first-order chi connectivity index (χ1) is 9.74. The van der Waals surface area contributed by atoms with Crippen LogP contribution in [0.25, 0.3) is 0 Å². The predicted molar refractivity (Wildman–Crippen MR) is 82.9 cm³/mol. The summed E-state index contributed by atoms with van der Waals surface area (Å²) < 4.78 is 0. The third-order valence-corrected chi connectivity index (χ3v) is 5.36. The zero-order valence-corrected chi connectivity index (χ0v) is 12.6. The van der Waals surface area contributed by atoms with Gasteiger partial charge in [-0.15, -0.1) is 0 Å². The second kappa shape index (κ2) is 6.17. The molecule has 1 aromatic carbocycles. The Bertz CT molecular complexity index is 457. The summed E-state index contributed by atoms with van der Waals surface area (Å²) in [5, 5.41) is 13.5. The first-order valence-electron chi connectivity index (χ1n) is 8.29. The standard InChI is InChI=1S/C18H27NO/c1-13-5-2-3-6-15(13)12-19-18-8-4-7-14-9-10-16(20)11-17(14)18/h9-11,13,15,18-20H,2-8,12H2,1H3. The average Bonchev–Trinajstić information content (AvgIpc) is 2.46. The van der Waals surface area contributed by atoms with Gasteiger partial charge in [0, 0.05) is 6.04 Å². The van der Waals surface area contributed by atoms with Crippen molar-refractivity contribution >= 4 is 0 Å². The molecule has 2 N–H and O–H groups in total. The fraction of sp³-hybridized carbons (Fsp3) is 0.667. The van der Waals surface area contributed by atoms with Gasteiger partial charge in [-0.1, -0.05) is 32.3 Å². The van der Waals surface area contributed by atoms with Crippen molar-refractivity contribution in [2.24, 2.45) is 11.8 Å². The monoisotopic (exact) mass is 273 g/mol. The maximum absolute atomic E-state index is 9.74. The molecule has 110 valence electrons. The Morgan fingerprint density at radius 2 is 2.00 bits per heavy atom. The molecule has 3 rings (SSSR count). The molecular weight excluding hydrogens is 246 g/mol. The van der Waals surface area contributed by atoms with Crippen molar-refractivity contribution in [3.63, 3.8) is 0 Å². The Morgan fingerprint density at radius 1 is 1.15 bits per heavy atom. The highest BCUT2D eigenvalue weighted by molar-refractivity contribution is 5.38. The number of rotatable bonds is 3. The molecule has 1 aromatic rings. The smallest absolute Gasteiger partial charge is 0.115 e. The predicted octanol–water partition coefficient (Wildman–Crippen LogP) is 4.19. The molecule has 0 heterocycles. The molecule has 0 spiro atoms. The second-order valence-corrected chi connectivity index (χ2v) is 6.76. The number of aryl methyl sites for hydroxylation is 1. The van der Waals surface area contributed by atoms with E-state index in [9.17, 15) is 5.11 Å². The molecule has 0 amide bonds. The van der Waals surface area contributed by atoms with Crippen molar-refractivity contribution in [3.8, 4) is 5.75 Å². The van der Waals surface area contributed by atoms with E-state index in [4.69, 9.17) is 0 Å². The van der Waals surface area contributed by atoms with E-state index in [2.05, 4.69) is 18.3 Å². The third kappa shape index (κ3) is 3.01. The van der Waals surface area contributed by atoms with Gasteiger partial charge >= 0.3 is 0 Å². The van der Waals surface area contributed by atoms with Crippen LogP contribution in [-0.2, 0) is 6.42 Å². The molecule has 0 aliphatic heterocycles. The molecule has 20 heavy (non-hydrogen) atoms. The highest BCUT2D eigenvalue weighted by Crippen LogP contribution is 2.34. The molecule has 2 aliphatic rings. The molecule has 1 fully saturated rings. The van der Waals surface area contributed by atoms with Gasteiger partial charge < -0.3 is 10.4 Å². The normalized spacial score (nSPS) is 29.9. The van der Waals surface area contributed by atoms with Crippen LogP contribution in [0.1, 0.15) is 62.6 Å². The Balaban J connectivity index is 1.65. The summed E-state index contributed by atoms with van der Waals surface area (Å²) in [7, 11) is 0. The van der Waals surface area contributed by atoms with Crippen LogP contribution in [0.4, 0.5) is 0 Å². The van der Waals surface area contributed by atoms with Crippen molar-refractivity contribution in [1.82, 2.24) is 5.32 Å². The van der Waals surface area contributed by atoms with Crippen molar-refractivity contribution in [2.75, 3.05) is 6.54 Å². The minimum atomic E-state index is 0.406. The van der Waals surface area contributed by atoms with E-state index < -0.39 is 0 Å². The van der Waals surface area contributed by atoms with Crippen molar-refractivity contribution in [2.45, 2.75) is 57.9 Å². The van der Waals surface area contributed by atoms with E-state index in [-0.39, 0.29) is 0 Å². The summed E-state index contributed by atoms with van der Waals surface area (Å²) in [6.45, 7) is 3.55. The van der Waals surface area contributed by atoms with Gasteiger partial charge in [-0.3, -0.25) is 0 Å². The Labute approximate surface area is 122 Å². The van der Waals surface area contributed by atoms with Gasteiger partial charge in [-0.25, -0.2) is 0 Å². The van der Waals surface area contributed by atoms with Crippen LogP contribution < -0.4 is 5.32 Å². The number of phenols is 1. The van der Waals surface area contributed by atoms with Crippen molar-refractivity contribution < 1.29 is 5.11 Å². The zero-order valence-electron chi connectivity index (χ0n) is 12.6. The minimum absolute atomic E-state index is 0.406. The van der Waals surface area contributed by atoms with Crippen molar-refractivity contribution in [1.29, 1.82) is 0 Å². The van der Waals surface area contributed by atoms with Crippen LogP contribution in [0.3, 0.4) is 0 Å². The van der Waals surface area contributed by atoms with E-state index in [0.717, 1.165) is 24.8 Å². The summed E-state index contributed by atoms with van der Waals surface area (Å²) in [6.07, 6.45) is 9.22. The zero-order chi connectivity index (χ0) is 13.9. The summed E-state index contributed by atoms with van der Waals surface area (Å²) in [5.74, 6) is 2.11. The Morgan fingerprint density at radius 3 is 2.85 bits per heavy atom. The van der Waals surface area contributed by atoms with Crippen molar-refractivity contribution in [3.05, 3.63) is 29.3 Å². The summed E-state index contributed by atoms with van der Waals surface area (Å²) in [6, 6.07) is 6.34. The third-order valence-electron chi connectivity index (χ3n) is 5.36. The number of fused-ring (bicyclic) bond motifs is 1. The van der Waals surface area contributed by atoms with E-state index in [1.54, 1.807) is 0 Å². The van der Waals surface area contributed by atoms with Crippen LogP contribution in [-0.4, -0.2) is 11.7 Å². The quantitative estimate of drug-likeness (QED) is 0.865. The molecule has 0 radical (unpaired) electrons. The number of hydrogen-bond acceptors (Lipinski definition) is 2. The Hall–Kier alpha value is -1.02. The largest absolute Gasteiger partial charge is 0.508 e. The van der Waals surface area contributed by atoms with Gasteiger partial charge in [0.2, 0.25) is 0 Å². The SMILES string of the molecule is CC1CCCCC1CNC1CCCc2ccc(O)cc21. The lowest BCUT2D eigenvalue weighted by Gasteiger charge is -2.32. The number of aromatic hydroxyl groups is 1. The summed E-state index contributed by atoms with van der Waals surface area (Å²) >= 11 is 0. The molecule has 2 heteroatoms. The van der Waals surface area contributed by atoms with Crippen LogP contribution in [0.15, 0.2) is 18.2 Å². The molecule has 0 saturated heterocycles. The van der Waals surface area contributed by atoms with Gasteiger partial charge in [-0.2, -0.15) is 0 Å². The van der Waals surface area contributed by atoms with E-state index in [1.807, 2.05) is 12.1 Å². The second-order valence-electron chi connectivity index (χ2n) is 6.76. The first kappa shape index (κ1) is 13.9. The maximum Gasteiger partial charge on any atom is 0.115 e. The lowest BCUT2D eigenvalue weighted by molar-refractivity contribution is 0.237. The van der Waals surface area contributed by atoms with Gasteiger partial charge in [0.05, 0.1) is 0 Å². The lowest BCUT2D eigenvalue weighted by atomic mass is 9.80. The fourth-order valence-electron chi connectivity index (χ4n) is 3.99. The molecule has 3 unspecified atom stereocenters. The highest BCUT2D eigenvalue weighted by atomic mass is 16.3. The maximum atomic E-state index is 9.74. The van der Waals surface area contributed by atoms with Gasteiger partial charge in [0.25, 0.3) is 0 Å². The average molecular weight is 273 g/mol. The van der Waals surface area contributed by atoms with Gasteiger partial charge in [-0.05, 0) is 67.3 Å². The molecule has 2 nitrogen and oxygen atoms in total. The van der Waals surface area contributed by atoms with E-state index in [0.29, 0.717) is 11.8 Å². The summed E-state index contributed by atoms with van der Waals surface area (Å²) in [5.41, 5.74) is 2.75. The number of phenolic OH excluding ortho intramolecular Hbond substituents is 1. The van der Waals surface area contributed by atoms with Crippen LogP contribution in [0, 0.1) is 11.8 Å². The van der Waals surface area contributed by atoms with E-state index >= 15 is 0 Å². The molecular formula is C18H27NO. The molecule has 1 saturated carbocycles. The lowest BCUT2D eigenvalue weighted by Crippen LogP contribution is -2.33. The highest BCUT2D eigenvalue weighted by Gasteiger charge is 2.24. The van der Waals surface area contributed by atoms with E-state index in [1.165, 1.54) is 49.7 Å². The molecule has 2 aliphatic carbocycles. The van der Waals surface area contributed by atoms with Crippen LogP contribution in [0.2, 0.25) is 0 Å².